The summed E-state index contributed by atoms with van der Waals surface area (Å²) in [5.74, 6) is 0. The maximum atomic E-state index is 13.4. The number of hydrogen-bond acceptors (Lipinski definition) is 3. The second-order valence-corrected chi connectivity index (χ2v) is 7.82. The maximum absolute atomic E-state index is 13.4. The largest absolute Gasteiger partial charge is 0.392 e. The number of aromatic nitrogens is 1. The van der Waals surface area contributed by atoms with Gasteiger partial charge in [-0.25, -0.2) is 12.4 Å². The van der Waals surface area contributed by atoms with Gasteiger partial charge < -0.3 is 5.11 Å². The van der Waals surface area contributed by atoms with Crippen LogP contribution in [-0.4, -0.2) is 17.5 Å². The van der Waals surface area contributed by atoms with E-state index in [1.807, 2.05) is 48.5 Å². The number of benzene rings is 3. The van der Waals surface area contributed by atoms with E-state index in [1.54, 1.807) is 36.4 Å². The minimum absolute atomic E-state index is 0.0977. The van der Waals surface area contributed by atoms with Crippen molar-refractivity contribution in [1.82, 2.24) is 3.97 Å². The smallest absolute Gasteiger partial charge is 0.268 e. The van der Waals surface area contributed by atoms with E-state index in [2.05, 4.69) is 0 Å². The Morgan fingerprint density at radius 2 is 1.54 bits per heavy atom. The zero-order chi connectivity index (χ0) is 18.1. The van der Waals surface area contributed by atoms with Crippen molar-refractivity contribution in [2.45, 2.75) is 11.5 Å². The number of nitrogens with zero attached hydrogens (tertiary/aromatic N) is 1. The molecule has 0 atom stereocenters. The average molecular weight is 363 g/mol. The molecule has 130 valence electrons. The van der Waals surface area contributed by atoms with E-state index in [4.69, 9.17) is 0 Å². The molecule has 1 heterocycles. The molecular weight excluding hydrogens is 346 g/mol. The first-order chi connectivity index (χ1) is 12.6. The van der Waals surface area contributed by atoms with Crippen molar-refractivity contribution >= 4 is 20.9 Å². The molecule has 0 fully saturated rings. The molecule has 4 rings (SSSR count). The van der Waals surface area contributed by atoms with Crippen LogP contribution in [0.4, 0.5) is 0 Å². The van der Waals surface area contributed by atoms with E-state index in [-0.39, 0.29) is 11.5 Å². The Morgan fingerprint density at radius 1 is 0.808 bits per heavy atom. The van der Waals surface area contributed by atoms with Crippen LogP contribution in [0.3, 0.4) is 0 Å². The fraction of sp³-hybridized carbons (Fsp3) is 0.0476. The second kappa shape index (κ2) is 6.44. The summed E-state index contributed by atoms with van der Waals surface area (Å²) in [7, 11) is -3.77. The molecule has 0 amide bonds. The average Bonchev–Trinajstić information content (AvgIpc) is 3.09. The molecule has 0 radical (unpaired) electrons. The van der Waals surface area contributed by atoms with E-state index >= 15 is 0 Å². The summed E-state index contributed by atoms with van der Waals surface area (Å²) in [5.41, 5.74) is 2.68. The molecule has 3 aromatic carbocycles. The van der Waals surface area contributed by atoms with Gasteiger partial charge in [0, 0.05) is 5.39 Å². The summed E-state index contributed by atoms with van der Waals surface area (Å²) in [5, 5.41) is 10.3. The molecule has 5 heteroatoms. The normalized spacial score (nSPS) is 11.7. The molecule has 1 N–H and O–H groups in total. The second-order valence-electron chi connectivity index (χ2n) is 6.03. The predicted octanol–water partition coefficient (Wildman–Crippen LogP) is 4.04. The molecule has 0 spiro atoms. The minimum atomic E-state index is -3.77. The third-order valence-corrected chi connectivity index (χ3v) is 6.10. The van der Waals surface area contributed by atoms with Gasteiger partial charge in [0.15, 0.2) is 0 Å². The Hall–Kier alpha value is -2.89. The van der Waals surface area contributed by atoms with Crippen LogP contribution in [0.1, 0.15) is 5.56 Å². The zero-order valence-corrected chi connectivity index (χ0v) is 14.7. The molecule has 0 aliphatic heterocycles. The first-order valence-corrected chi connectivity index (χ1v) is 9.66. The van der Waals surface area contributed by atoms with Crippen molar-refractivity contribution in [3.8, 4) is 11.3 Å². The third kappa shape index (κ3) is 2.71. The molecule has 26 heavy (non-hydrogen) atoms. The van der Waals surface area contributed by atoms with Gasteiger partial charge in [-0.05, 0) is 41.5 Å². The predicted molar refractivity (Wildman–Crippen MR) is 102 cm³/mol. The lowest BCUT2D eigenvalue weighted by atomic mass is 10.1. The van der Waals surface area contributed by atoms with Crippen LogP contribution in [-0.2, 0) is 16.6 Å². The van der Waals surface area contributed by atoms with E-state index in [0.717, 1.165) is 16.5 Å². The van der Waals surface area contributed by atoms with E-state index in [1.165, 1.54) is 3.97 Å². The Labute approximate surface area is 152 Å². The molecule has 0 aliphatic carbocycles. The lowest BCUT2D eigenvalue weighted by molar-refractivity contribution is 0.282. The van der Waals surface area contributed by atoms with Gasteiger partial charge in [-0.3, -0.25) is 0 Å². The summed E-state index contributed by atoms with van der Waals surface area (Å²) in [4.78, 5) is 0.237. The SMILES string of the molecule is O=S(=O)(c1ccccc1)n1c(-c2cccc(CO)c2)cc2ccccc21. The Morgan fingerprint density at radius 3 is 2.31 bits per heavy atom. The molecular formula is C21H17NO3S. The first kappa shape index (κ1) is 16.6. The minimum Gasteiger partial charge on any atom is -0.392 e. The van der Waals surface area contributed by atoms with Crippen molar-refractivity contribution in [1.29, 1.82) is 0 Å². The Balaban J connectivity index is 2.05. The summed E-state index contributed by atoms with van der Waals surface area (Å²) >= 11 is 0. The van der Waals surface area contributed by atoms with Crippen molar-refractivity contribution < 1.29 is 13.5 Å². The molecule has 0 saturated carbocycles. The monoisotopic (exact) mass is 363 g/mol. The first-order valence-electron chi connectivity index (χ1n) is 8.22. The Bertz CT molecular complexity index is 1180. The number of aliphatic hydroxyl groups is 1. The van der Waals surface area contributed by atoms with E-state index in [9.17, 15) is 13.5 Å². The maximum Gasteiger partial charge on any atom is 0.268 e. The molecule has 0 saturated heterocycles. The zero-order valence-electron chi connectivity index (χ0n) is 13.9. The summed E-state index contributed by atoms with van der Waals surface area (Å²) in [6.07, 6.45) is 0. The molecule has 0 bridgehead atoms. The summed E-state index contributed by atoms with van der Waals surface area (Å²) in [6, 6.07) is 25.0. The van der Waals surface area contributed by atoms with Crippen molar-refractivity contribution in [3.63, 3.8) is 0 Å². The lowest BCUT2D eigenvalue weighted by Crippen LogP contribution is -2.14. The number of aliphatic hydroxyl groups excluding tert-OH is 1. The number of para-hydroxylation sites is 1. The fourth-order valence-corrected chi connectivity index (χ4v) is 4.67. The fourth-order valence-electron chi connectivity index (χ4n) is 3.12. The van der Waals surface area contributed by atoms with Gasteiger partial charge in [0.05, 0.1) is 22.7 Å². The van der Waals surface area contributed by atoms with Gasteiger partial charge in [-0.1, -0.05) is 54.6 Å². The highest BCUT2D eigenvalue weighted by atomic mass is 32.2. The summed E-state index contributed by atoms with van der Waals surface area (Å²) < 4.78 is 28.1. The van der Waals surface area contributed by atoms with Gasteiger partial charge in [0.25, 0.3) is 10.0 Å². The van der Waals surface area contributed by atoms with Crippen LogP contribution in [0.2, 0.25) is 0 Å². The van der Waals surface area contributed by atoms with Crippen molar-refractivity contribution in [2.24, 2.45) is 0 Å². The van der Waals surface area contributed by atoms with Crippen molar-refractivity contribution in [3.05, 3.63) is 90.5 Å². The van der Waals surface area contributed by atoms with Crippen LogP contribution in [0.25, 0.3) is 22.2 Å². The third-order valence-electron chi connectivity index (χ3n) is 4.35. The highest BCUT2D eigenvalue weighted by molar-refractivity contribution is 7.90. The number of fused-ring (bicyclic) bond motifs is 1. The van der Waals surface area contributed by atoms with Crippen LogP contribution in [0.5, 0.6) is 0 Å². The highest BCUT2D eigenvalue weighted by Crippen LogP contribution is 2.32. The van der Waals surface area contributed by atoms with Crippen LogP contribution in [0.15, 0.2) is 89.8 Å². The number of hydrogen-bond donors (Lipinski definition) is 1. The highest BCUT2D eigenvalue weighted by Gasteiger charge is 2.23. The number of rotatable bonds is 4. The van der Waals surface area contributed by atoms with Gasteiger partial charge in [0.2, 0.25) is 0 Å². The van der Waals surface area contributed by atoms with E-state index in [0.29, 0.717) is 11.2 Å². The quantitative estimate of drug-likeness (QED) is 0.595. The summed E-state index contributed by atoms with van der Waals surface area (Å²) in [6.45, 7) is -0.0977. The Kier molecular flexibility index (Phi) is 4.11. The van der Waals surface area contributed by atoms with Crippen LogP contribution in [0, 0.1) is 0 Å². The lowest BCUT2D eigenvalue weighted by Gasteiger charge is -2.13. The van der Waals surface area contributed by atoms with Crippen molar-refractivity contribution in [2.75, 3.05) is 0 Å². The molecule has 4 aromatic rings. The van der Waals surface area contributed by atoms with Gasteiger partial charge in [-0.2, -0.15) is 0 Å². The van der Waals surface area contributed by atoms with Crippen LogP contribution < -0.4 is 0 Å². The topological polar surface area (TPSA) is 59.3 Å². The van der Waals surface area contributed by atoms with Crippen LogP contribution >= 0.6 is 0 Å². The van der Waals surface area contributed by atoms with Gasteiger partial charge >= 0.3 is 0 Å². The standard InChI is InChI=1S/C21H17NO3S/c23-15-16-7-6-9-17(13-16)21-14-18-8-4-5-12-20(18)22(21)26(24,25)19-10-2-1-3-11-19/h1-14,23H,15H2. The van der Waals surface area contributed by atoms with E-state index < -0.39 is 10.0 Å². The molecule has 1 aromatic heterocycles. The molecule has 0 unspecified atom stereocenters. The molecule has 4 nitrogen and oxygen atoms in total. The van der Waals surface area contributed by atoms with Gasteiger partial charge in [-0.15, -0.1) is 0 Å². The van der Waals surface area contributed by atoms with Gasteiger partial charge in [0.1, 0.15) is 0 Å². The molecule has 0 aliphatic rings.